The number of anilines is 1. The van der Waals surface area contributed by atoms with E-state index in [1.54, 1.807) is 6.92 Å². The van der Waals surface area contributed by atoms with Crippen molar-refractivity contribution in [3.05, 3.63) is 40.7 Å². The first-order chi connectivity index (χ1) is 9.93. The summed E-state index contributed by atoms with van der Waals surface area (Å²) >= 11 is 6.04. The third-order valence-electron chi connectivity index (χ3n) is 2.64. The van der Waals surface area contributed by atoms with Gasteiger partial charge in [-0.2, -0.15) is 5.10 Å². The first-order valence-electron chi connectivity index (χ1n) is 5.98. The maximum absolute atomic E-state index is 11.6. The normalized spacial score (nSPS) is 10.4. The number of carboxylic acid groups (broad SMARTS) is 1. The van der Waals surface area contributed by atoms with E-state index < -0.39 is 11.9 Å². The quantitative estimate of drug-likeness (QED) is 0.660. The van der Waals surface area contributed by atoms with Crippen molar-refractivity contribution in [3.8, 4) is 5.69 Å². The molecule has 2 aromatic rings. The van der Waals surface area contributed by atoms with E-state index in [-0.39, 0.29) is 34.1 Å². The molecule has 0 amide bonds. The largest absolute Gasteiger partial charge is 0.478 e. The molecule has 0 aliphatic rings. The molecule has 0 radical (unpaired) electrons. The molecule has 0 saturated heterocycles. The maximum Gasteiger partial charge on any atom is 0.341 e. The van der Waals surface area contributed by atoms with Crippen LogP contribution in [-0.2, 0) is 4.74 Å². The Morgan fingerprint density at radius 2 is 2.19 bits per heavy atom. The van der Waals surface area contributed by atoms with E-state index >= 15 is 0 Å². The molecule has 0 fully saturated rings. The van der Waals surface area contributed by atoms with E-state index in [4.69, 9.17) is 22.1 Å². The zero-order valence-corrected chi connectivity index (χ0v) is 11.8. The van der Waals surface area contributed by atoms with Crippen LogP contribution in [0.2, 0.25) is 5.02 Å². The Balaban J connectivity index is 2.52. The molecule has 110 valence electrons. The number of carbonyl (C=O) groups excluding carboxylic acids is 1. The molecule has 21 heavy (non-hydrogen) atoms. The van der Waals surface area contributed by atoms with Crippen molar-refractivity contribution < 1.29 is 19.4 Å². The Morgan fingerprint density at radius 1 is 1.48 bits per heavy atom. The molecule has 0 spiro atoms. The second-order valence-corrected chi connectivity index (χ2v) is 4.51. The number of hydrogen-bond donors (Lipinski definition) is 2. The van der Waals surface area contributed by atoms with E-state index in [1.807, 2.05) is 0 Å². The van der Waals surface area contributed by atoms with Gasteiger partial charge < -0.3 is 15.6 Å². The second kappa shape index (κ2) is 5.84. The number of rotatable bonds is 4. The van der Waals surface area contributed by atoms with E-state index in [9.17, 15) is 14.7 Å². The monoisotopic (exact) mass is 309 g/mol. The highest BCUT2D eigenvalue weighted by Gasteiger charge is 2.19. The second-order valence-electron chi connectivity index (χ2n) is 4.10. The van der Waals surface area contributed by atoms with Crippen molar-refractivity contribution in [1.82, 2.24) is 9.78 Å². The number of ether oxygens (including phenoxy) is 1. The third-order valence-corrected chi connectivity index (χ3v) is 2.93. The predicted octanol–water partition coefficient (Wildman–Crippen LogP) is 1.98. The van der Waals surface area contributed by atoms with Crippen molar-refractivity contribution in [2.75, 3.05) is 12.3 Å². The number of aromatic carboxylic acids is 1. The van der Waals surface area contributed by atoms with Gasteiger partial charge in [-0.25, -0.2) is 14.3 Å². The summed E-state index contributed by atoms with van der Waals surface area (Å²) in [4.78, 5) is 22.9. The molecule has 0 bridgehead atoms. The Bertz CT molecular complexity index is 711. The van der Waals surface area contributed by atoms with Gasteiger partial charge in [0.1, 0.15) is 0 Å². The van der Waals surface area contributed by atoms with Crippen LogP contribution >= 0.6 is 11.6 Å². The number of nitrogens with two attached hydrogens (primary N) is 1. The average Bonchev–Trinajstić information content (AvgIpc) is 2.87. The molecule has 7 nitrogen and oxygen atoms in total. The lowest BCUT2D eigenvalue weighted by Gasteiger charge is -2.09. The van der Waals surface area contributed by atoms with Crippen LogP contribution in [0.4, 0.5) is 5.69 Å². The average molecular weight is 310 g/mol. The van der Waals surface area contributed by atoms with Crippen LogP contribution in [0.1, 0.15) is 27.6 Å². The zero-order valence-electron chi connectivity index (χ0n) is 11.0. The molecule has 1 aromatic heterocycles. The van der Waals surface area contributed by atoms with Crippen LogP contribution < -0.4 is 5.73 Å². The molecule has 1 aromatic carbocycles. The van der Waals surface area contributed by atoms with Gasteiger partial charge in [0.05, 0.1) is 34.6 Å². The molecule has 0 aliphatic heterocycles. The number of halogens is 1. The van der Waals surface area contributed by atoms with Crippen molar-refractivity contribution in [3.63, 3.8) is 0 Å². The summed E-state index contributed by atoms with van der Waals surface area (Å²) in [5.41, 5.74) is 6.02. The van der Waals surface area contributed by atoms with Crippen molar-refractivity contribution in [2.24, 2.45) is 0 Å². The topological polar surface area (TPSA) is 107 Å². The fourth-order valence-electron chi connectivity index (χ4n) is 1.78. The number of benzene rings is 1. The Hall–Kier alpha value is -2.54. The van der Waals surface area contributed by atoms with Crippen LogP contribution in [0.15, 0.2) is 24.5 Å². The van der Waals surface area contributed by atoms with Gasteiger partial charge in [-0.15, -0.1) is 0 Å². The minimum Gasteiger partial charge on any atom is -0.478 e. The van der Waals surface area contributed by atoms with Crippen LogP contribution in [0, 0.1) is 0 Å². The lowest BCUT2D eigenvalue weighted by atomic mass is 10.1. The minimum atomic E-state index is -1.20. The number of carboxylic acids is 1. The summed E-state index contributed by atoms with van der Waals surface area (Å²) < 4.78 is 6.05. The van der Waals surface area contributed by atoms with Gasteiger partial charge in [0.2, 0.25) is 0 Å². The highest BCUT2D eigenvalue weighted by Crippen LogP contribution is 2.27. The number of hydrogen-bond acceptors (Lipinski definition) is 5. The fourth-order valence-corrected chi connectivity index (χ4v) is 2.10. The molecule has 0 saturated carbocycles. The minimum absolute atomic E-state index is 0.112. The first-order valence-corrected chi connectivity index (χ1v) is 6.36. The smallest absolute Gasteiger partial charge is 0.341 e. The Kier molecular flexibility index (Phi) is 4.13. The van der Waals surface area contributed by atoms with Gasteiger partial charge in [0, 0.05) is 11.9 Å². The molecule has 0 atom stereocenters. The van der Waals surface area contributed by atoms with Crippen LogP contribution in [-0.4, -0.2) is 33.4 Å². The number of carbonyl (C=O) groups is 2. The SMILES string of the molecule is CCOC(=O)c1cnn(-c2c(Cl)cc(N)cc2C(=O)O)c1. The van der Waals surface area contributed by atoms with Crippen LogP contribution in [0.25, 0.3) is 5.69 Å². The first kappa shape index (κ1) is 14.9. The van der Waals surface area contributed by atoms with Gasteiger partial charge in [-0.1, -0.05) is 11.6 Å². The van der Waals surface area contributed by atoms with Crippen molar-refractivity contribution >= 4 is 29.2 Å². The lowest BCUT2D eigenvalue weighted by molar-refractivity contribution is 0.0526. The van der Waals surface area contributed by atoms with Gasteiger partial charge in [0.25, 0.3) is 0 Å². The van der Waals surface area contributed by atoms with Crippen LogP contribution in [0.3, 0.4) is 0 Å². The van der Waals surface area contributed by atoms with Gasteiger partial charge in [-0.3, -0.25) is 0 Å². The van der Waals surface area contributed by atoms with Gasteiger partial charge in [-0.05, 0) is 19.1 Å². The maximum atomic E-state index is 11.6. The molecule has 8 heteroatoms. The third kappa shape index (κ3) is 2.97. The highest BCUT2D eigenvalue weighted by atomic mass is 35.5. The van der Waals surface area contributed by atoms with Crippen molar-refractivity contribution in [2.45, 2.75) is 6.92 Å². The number of nitrogen functional groups attached to an aromatic ring is 1. The number of nitrogens with zero attached hydrogens (tertiary/aromatic N) is 2. The molecular formula is C13H12ClN3O4. The summed E-state index contributed by atoms with van der Waals surface area (Å²) in [6.07, 6.45) is 2.62. The van der Waals surface area contributed by atoms with Gasteiger partial charge >= 0.3 is 11.9 Å². The molecule has 0 aliphatic carbocycles. The van der Waals surface area contributed by atoms with Crippen molar-refractivity contribution in [1.29, 1.82) is 0 Å². The lowest BCUT2D eigenvalue weighted by Crippen LogP contribution is -2.08. The van der Waals surface area contributed by atoms with Crippen LogP contribution in [0.5, 0.6) is 0 Å². The molecule has 3 N–H and O–H groups in total. The molecule has 0 unspecified atom stereocenters. The molecule has 2 rings (SSSR count). The Morgan fingerprint density at radius 3 is 2.81 bits per heavy atom. The van der Waals surface area contributed by atoms with E-state index in [1.165, 1.54) is 29.2 Å². The summed E-state index contributed by atoms with van der Waals surface area (Å²) in [7, 11) is 0. The summed E-state index contributed by atoms with van der Waals surface area (Å²) in [6, 6.07) is 2.68. The van der Waals surface area contributed by atoms with E-state index in [2.05, 4.69) is 5.10 Å². The summed E-state index contributed by atoms with van der Waals surface area (Å²) in [5.74, 6) is -1.75. The zero-order chi connectivity index (χ0) is 15.6. The standard InChI is InChI=1S/C13H12ClN3O4/c1-2-21-13(20)7-5-16-17(6-7)11-9(12(18)19)3-8(15)4-10(11)14/h3-6H,2,15H2,1H3,(H,18,19). The van der Waals surface area contributed by atoms with E-state index in [0.717, 1.165) is 0 Å². The summed E-state index contributed by atoms with van der Waals surface area (Å²) in [6.45, 7) is 1.91. The molecular weight excluding hydrogens is 298 g/mol. The molecule has 1 heterocycles. The van der Waals surface area contributed by atoms with E-state index in [0.29, 0.717) is 0 Å². The summed E-state index contributed by atoms with van der Waals surface area (Å²) in [5, 5.41) is 13.3. The predicted molar refractivity (Wildman–Crippen MR) is 75.9 cm³/mol. The number of esters is 1. The number of aromatic nitrogens is 2. The Labute approximate surface area is 124 Å². The highest BCUT2D eigenvalue weighted by molar-refractivity contribution is 6.33. The fraction of sp³-hybridized carbons (Fsp3) is 0.154. The van der Waals surface area contributed by atoms with Gasteiger partial charge in [0.15, 0.2) is 0 Å².